The van der Waals surface area contributed by atoms with Gasteiger partial charge < -0.3 is 15.2 Å². The SMILES string of the molecule is O=C(Nc1ccc(C(=O)C2Nc3ccccc3Cn3ccnc32)cc1)c1ccccc1Cl. The summed E-state index contributed by atoms with van der Waals surface area (Å²) in [7, 11) is 0. The summed E-state index contributed by atoms with van der Waals surface area (Å²) in [6.45, 7) is 0.648. The van der Waals surface area contributed by atoms with Crippen LogP contribution in [-0.2, 0) is 6.54 Å². The van der Waals surface area contributed by atoms with Gasteiger partial charge in [-0.25, -0.2) is 4.98 Å². The Morgan fingerprint density at radius 2 is 1.75 bits per heavy atom. The average Bonchev–Trinajstić information content (AvgIpc) is 3.20. The standard InChI is InChI=1S/C25H19ClN4O2/c26-20-7-3-2-6-19(20)25(32)28-18-11-9-16(10-12-18)23(31)22-24-27-13-14-30(24)15-17-5-1-4-8-21(17)29-22/h1-14,22,29H,15H2,(H,28,32). The molecule has 1 atom stereocenters. The molecule has 4 aromatic rings. The second-order valence-corrected chi connectivity index (χ2v) is 7.93. The molecule has 0 aliphatic carbocycles. The minimum Gasteiger partial charge on any atom is -0.369 e. The van der Waals surface area contributed by atoms with Crippen LogP contribution in [0.5, 0.6) is 0 Å². The van der Waals surface area contributed by atoms with Crippen LogP contribution >= 0.6 is 11.6 Å². The highest BCUT2D eigenvalue weighted by Gasteiger charge is 2.29. The van der Waals surface area contributed by atoms with Crippen molar-refractivity contribution in [1.29, 1.82) is 0 Å². The van der Waals surface area contributed by atoms with Gasteiger partial charge >= 0.3 is 0 Å². The van der Waals surface area contributed by atoms with E-state index in [1.807, 2.05) is 35.0 Å². The first-order valence-electron chi connectivity index (χ1n) is 10.2. The van der Waals surface area contributed by atoms with E-state index < -0.39 is 6.04 Å². The lowest BCUT2D eigenvalue weighted by Crippen LogP contribution is -2.23. The number of hydrogen-bond acceptors (Lipinski definition) is 4. The van der Waals surface area contributed by atoms with E-state index in [9.17, 15) is 9.59 Å². The number of para-hydroxylation sites is 1. The molecule has 158 valence electrons. The molecule has 1 amide bonds. The maximum absolute atomic E-state index is 13.4. The molecule has 1 aromatic heterocycles. The van der Waals surface area contributed by atoms with Gasteiger partial charge in [0.05, 0.1) is 17.1 Å². The number of Topliss-reactive ketones (excluding diaryl/α,β-unsaturated/α-hetero) is 1. The zero-order chi connectivity index (χ0) is 22.1. The Balaban J connectivity index is 1.38. The number of hydrogen-bond donors (Lipinski definition) is 2. The summed E-state index contributed by atoms with van der Waals surface area (Å²) in [6.07, 6.45) is 3.59. The normalized spacial score (nSPS) is 14.5. The Morgan fingerprint density at radius 1 is 1.00 bits per heavy atom. The quantitative estimate of drug-likeness (QED) is 0.426. The van der Waals surface area contributed by atoms with Crippen molar-refractivity contribution in [3.63, 3.8) is 0 Å². The Kier molecular flexibility index (Phi) is 5.21. The Labute approximate surface area is 189 Å². The summed E-state index contributed by atoms with van der Waals surface area (Å²) in [6, 6.07) is 21.0. The second-order valence-electron chi connectivity index (χ2n) is 7.52. The Bertz CT molecular complexity index is 1310. The summed E-state index contributed by atoms with van der Waals surface area (Å²) >= 11 is 6.10. The summed E-state index contributed by atoms with van der Waals surface area (Å²) in [5, 5.41) is 6.55. The summed E-state index contributed by atoms with van der Waals surface area (Å²) in [4.78, 5) is 30.3. The molecule has 0 bridgehead atoms. The molecular formula is C25H19ClN4O2. The number of imidazole rings is 1. The molecule has 0 saturated heterocycles. The van der Waals surface area contributed by atoms with Gasteiger partial charge in [-0.2, -0.15) is 0 Å². The predicted octanol–water partition coefficient (Wildman–Crippen LogP) is 5.19. The van der Waals surface area contributed by atoms with Crippen molar-refractivity contribution < 1.29 is 9.59 Å². The molecule has 0 spiro atoms. The van der Waals surface area contributed by atoms with E-state index in [0.29, 0.717) is 34.2 Å². The number of anilines is 2. The minimum atomic E-state index is -0.614. The maximum atomic E-state index is 13.4. The van der Waals surface area contributed by atoms with Gasteiger partial charge in [0.15, 0.2) is 5.78 Å². The van der Waals surface area contributed by atoms with E-state index >= 15 is 0 Å². The lowest BCUT2D eigenvalue weighted by Gasteiger charge is -2.17. The van der Waals surface area contributed by atoms with E-state index in [-0.39, 0.29) is 11.7 Å². The molecule has 1 aliphatic heterocycles. The summed E-state index contributed by atoms with van der Waals surface area (Å²) in [5.41, 5.74) is 3.50. The van der Waals surface area contributed by atoms with Crippen molar-refractivity contribution >= 4 is 34.7 Å². The van der Waals surface area contributed by atoms with Gasteiger partial charge in [0.1, 0.15) is 11.9 Å². The molecule has 1 aliphatic rings. The van der Waals surface area contributed by atoms with Crippen molar-refractivity contribution in [3.05, 3.63) is 113 Å². The molecule has 0 saturated carbocycles. The molecule has 2 heterocycles. The number of benzene rings is 3. The fourth-order valence-electron chi connectivity index (χ4n) is 3.83. The van der Waals surface area contributed by atoms with Gasteiger partial charge in [0.2, 0.25) is 0 Å². The number of amides is 1. The topological polar surface area (TPSA) is 76.0 Å². The van der Waals surface area contributed by atoms with Gasteiger partial charge in [0.25, 0.3) is 5.91 Å². The first kappa shape index (κ1) is 20.0. The fourth-order valence-corrected chi connectivity index (χ4v) is 4.05. The van der Waals surface area contributed by atoms with Crippen molar-refractivity contribution in [3.8, 4) is 0 Å². The van der Waals surface area contributed by atoms with Crippen LogP contribution in [0.25, 0.3) is 0 Å². The molecule has 0 radical (unpaired) electrons. The second kappa shape index (κ2) is 8.32. The number of halogens is 1. The van der Waals surface area contributed by atoms with Crippen LogP contribution in [0.15, 0.2) is 85.2 Å². The van der Waals surface area contributed by atoms with Gasteiger partial charge in [-0.05, 0) is 48.0 Å². The molecule has 6 nitrogen and oxygen atoms in total. The highest BCUT2D eigenvalue weighted by atomic mass is 35.5. The molecule has 0 fully saturated rings. The van der Waals surface area contributed by atoms with Crippen LogP contribution in [0.1, 0.15) is 38.1 Å². The summed E-state index contributed by atoms with van der Waals surface area (Å²) in [5.74, 6) is 0.263. The van der Waals surface area contributed by atoms with E-state index in [1.165, 1.54) is 0 Å². The smallest absolute Gasteiger partial charge is 0.257 e. The van der Waals surface area contributed by atoms with Crippen LogP contribution in [-0.4, -0.2) is 21.2 Å². The zero-order valence-electron chi connectivity index (χ0n) is 17.0. The largest absolute Gasteiger partial charge is 0.369 e. The number of ketones is 1. The third-order valence-corrected chi connectivity index (χ3v) is 5.80. The van der Waals surface area contributed by atoms with Gasteiger partial charge in [-0.1, -0.05) is 41.9 Å². The van der Waals surface area contributed by atoms with Crippen LogP contribution in [0.3, 0.4) is 0 Å². The van der Waals surface area contributed by atoms with E-state index in [4.69, 9.17) is 11.6 Å². The fraction of sp³-hybridized carbons (Fsp3) is 0.0800. The number of carbonyl (C=O) groups excluding carboxylic acids is 2. The van der Waals surface area contributed by atoms with Crippen molar-refractivity contribution in [2.24, 2.45) is 0 Å². The third-order valence-electron chi connectivity index (χ3n) is 5.47. The molecular weight excluding hydrogens is 424 g/mol. The molecule has 2 N–H and O–H groups in total. The van der Waals surface area contributed by atoms with Crippen molar-refractivity contribution in [1.82, 2.24) is 9.55 Å². The molecule has 5 rings (SSSR count). The Hall–Kier alpha value is -3.90. The van der Waals surface area contributed by atoms with Crippen LogP contribution in [0, 0.1) is 0 Å². The lowest BCUT2D eigenvalue weighted by atomic mass is 10.0. The van der Waals surface area contributed by atoms with Gasteiger partial charge in [-0.15, -0.1) is 0 Å². The first-order chi connectivity index (χ1) is 15.6. The number of fused-ring (bicyclic) bond motifs is 2. The monoisotopic (exact) mass is 442 g/mol. The number of aromatic nitrogens is 2. The number of nitrogens with zero attached hydrogens (tertiary/aromatic N) is 2. The highest BCUT2D eigenvalue weighted by Crippen LogP contribution is 2.30. The van der Waals surface area contributed by atoms with Crippen LogP contribution in [0.4, 0.5) is 11.4 Å². The predicted molar refractivity (Wildman–Crippen MR) is 124 cm³/mol. The van der Waals surface area contributed by atoms with E-state index in [0.717, 1.165) is 11.3 Å². The van der Waals surface area contributed by atoms with Crippen LogP contribution < -0.4 is 10.6 Å². The first-order valence-corrected chi connectivity index (χ1v) is 10.5. The van der Waals surface area contributed by atoms with Gasteiger partial charge in [-0.3, -0.25) is 9.59 Å². The Morgan fingerprint density at radius 3 is 2.56 bits per heavy atom. The van der Waals surface area contributed by atoms with Gasteiger partial charge in [0, 0.05) is 29.3 Å². The number of carbonyl (C=O) groups is 2. The average molecular weight is 443 g/mol. The van der Waals surface area contributed by atoms with Crippen LogP contribution in [0.2, 0.25) is 5.02 Å². The summed E-state index contributed by atoms with van der Waals surface area (Å²) < 4.78 is 1.99. The maximum Gasteiger partial charge on any atom is 0.257 e. The molecule has 7 heteroatoms. The lowest BCUT2D eigenvalue weighted by molar-refractivity contribution is 0.0965. The molecule has 3 aromatic carbocycles. The van der Waals surface area contributed by atoms with E-state index in [2.05, 4.69) is 15.6 Å². The molecule has 32 heavy (non-hydrogen) atoms. The minimum absolute atomic E-state index is 0.0990. The van der Waals surface area contributed by atoms with Crippen molar-refractivity contribution in [2.45, 2.75) is 12.6 Å². The highest BCUT2D eigenvalue weighted by molar-refractivity contribution is 6.34. The molecule has 1 unspecified atom stereocenters. The number of rotatable bonds is 4. The zero-order valence-corrected chi connectivity index (χ0v) is 17.7. The third kappa shape index (κ3) is 3.76. The number of nitrogens with one attached hydrogen (secondary N) is 2. The van der Waals surface area contributed by atoms with E-state index in [1.54, 1.807) is 54.7 Å². The van der Waals surface area contributed by atoms with Crippen molar-refractivity contribution in [2.75, 3.05) is 10.6 Å².